The van der Waals surface area contributed by atoms with Gasteiger partial charge in [0.25, 0.3) is 0 Å². The summed E-state index contributed by atoms with van der Waals surface area (Å²) in [6.07, 6.45) is 1.43. The Balaban J connectivity index is 1.61. The number of fused-ring (bicyclic) bond motifs is 1. The molecule has 0 saturated carbocycles. The second kappa shape index (κ2) is 6.62. The largest absolute Gasteiger partial charge is 0.491 e. The summed E-state index contributed by atoms with van der Waals surface area (Å²) in [7, 11) is 0. The molecule has 3 rings (SSSR count). The summed E-state index contributed by atoms with van der Waals surface area (Å²) >= 11 is 5.83. The number of benzene rings is 2. The van der Waals surface area contributed by atoms with Gasteiger partial charge in [-0.25, -0.2) is 9.97 Å². The summed E-state index contributed by atoms with van der Waals surface area (Å²) in [5.74, 6) is 1.54. The molecule has 112 valence electrons. The molecular formula is C17H16ClN3O. The fraction of sp³-hybridized carbons (Fsp3) is 0.176. The molecule has 0 aliphatic carbocycles. The van der Waals surface area contributed by atoms with E-state index in [1.807, 2.05) is 31.2 Å². The van der Waals surface area contributed by atoms with Gasteiger partial charge in [0.1, 0.15) is 29.7 Å². The standard InChI is InChI=1S/C17H16ClN3O/c1-12(21-17-9-16(18)19-11-20-17)10-22-15-7-6-13-4-2-3-5-14(13)8-15/h2-9,11-12H,10H2,1H3,(H,19,20,21). The highest BCUT2D eigenvalue weighted by molar-refractivity contribution is 6.29. The first-order valence-electron chi connectivity index (χ1n) is 7.06. The lowest BCUT2D eigenvalue weighted by molar-refractivity contribution is 0.304. The molecule has 2 aromatic carbocycles. The second-order valence-corrected chi connectivity index (χ2v) is 5.48. The number of rotatable bonds is 5. The number of ether oxygens (including phenoxy) is 1. The van der Waals surface area contributed by atoms with Crippen LogP contribution in [-0.2, 0) is 0 Å². The van der Waals surface area contributed by atoms with Crippen LogP contribution in [0.2, 0.25) is 5.15 Å². The SMILES string of the molecule is CC(COc1ccc2ccccc2c1)Nc1cc(Cl)ncn1. The molecule has 1 aromatic heterocycles. The van der Waals surface area contributed by atoms with E-state index in [0.717, 1.165) is 5.75 Å². The zero-order valence-corrected chi connectivity index (χ0v) is 12.9. The van der Waals surface area contributed by atoms with Crippen molar-refractivity contribution < 1.29 is 4.74 Å². The van der Waals surface area contributed by atoms with Crippen molar-refractivity contribution in [2.24, 2.45) is 0 Å². The van der Waals surface area contributed by atoms with Gasteiger partial charge < -0.3 is 10.1 Å². The van der Waals surface area contributed by atoms with E-state index in [-0.39, 0.29) is 6.04 Å². The fourth-order valence-electron chi connectivity index (χ4n) is 2.19. The van der Waals surface area contributed by atoms with Gasteiger partial charge >= 0.3 is 0 Å². The van der Waals surface area contributed by atoms with Gasteiger partial charge in [0.2, 0.25) is 0 Å². The lowest BCUT2D eigenvalue weighted by Gasteiger charge is -2.15. The van der Waals surface area contributed by atoms with Crippen molar-refractivity contribution in [2.45, 2.75) is 13.0 Å². The van der Waals surface area contributed by atoms with Crippen molar-refractivity contribution >= 4 is 28.2 Å². The Labute approximate surface area is 134 Å². The van der Waals surface area contributed by atoms with Crippen LogP contribution < -0.4 is 10.1 Å². The molecule has 0 fully saturated rings. The molecule has 0 aliphatic rings. The van der Waals surface area contributed by atoms with Crippen molar-refractivity contribution in [3.63, 3.8) is 0 Å². The van der Waals surface area contributed by atoms with E-state index >= 15 is 0 Å². The van der Waals surface area contributed by atoms with Gasteiger partial charge in [-0.15, -0.1) is 0 Å². The van der Waals surface area contributed by atoms with Crippen molar-refractivity contribution in [1.29, 1.82) is 0 Å². The van der Waals surface area contributed by atoms with Crippen molar-refractivity contribution in [1.82, 2.24) is 9.97 Å². The van der Waals surface area contributed by atoms with Crippen LogP contribution in [0, 0.1) is 0 Å². The highest BCUT2D eigenvalue weighted by Crippen LogP contribution is 2.20. The fourth-order valence-corrected chi connectivity index (χ4v) is 2.33. The Morgan fingerprint density at radius 3 is 2.73 bits per heavy atom. The van der Waals surface area contributed by atoms with Gasteiger partial charge in [0.15, 0.2) is 0 Å². The van der Waals surface area contributed by atoms with Crippen LogP contribution >= 0.6 is 11.6 Å². The maximum atomic E-state index is 5.84. The maximum Gasteiger partial charge on any atom is 0.134 e. The molecule has 4 nitrogen and oxygen atoms in total. The van der Waals surface area contributed by atoms with Gasteiger partial charge in [0.05, 0.1) is 6.04 Å². The zero-order valence-electron chi connectivity index (χ0n) is 12.2. The lowest BCUT2D eigenvalue weighted by Crippen LogP contribution is -2.24. The summed E-state index contributed by atoms with van der Waals surface area (Å²) in [5.41, 5.74) is 0. The number of nitrogens with zero attached hydrogens (tertiary/aromatic N) is 2. The van der Waals surface area contributed by atoms with E-state index in [9.17, 15) is 0 Å². The Bertz CT molecular complexity index is 778. The summed E-state index contributed by atoms with van der Waals surface area (Å²) in [5, 5.41) is 6.02. The van der Waals surface area contributed by atoms with Crippen molar-refractivity contribution in [2.75, 3.05) is 11.9 Å². The minimum atomic E-state index is 0.0948. The molecule has 1 atom stereocenters. The van der Waals surface area contributed by atoms with Crippen LogP contribution in [0.1, 0.15) is 6.92 Å². The number of aromatic nitrogens is 2. The quantitative estimate of drug-likeness (QED) is 0.718. The van der Waals surface area contributed by atoms with E-state index in [4.69, 9.17) is 16.3 Å². The predicted octanol–water partition coefficient (Wildman–Crippen LogP) is 4.16. The van der Waals surface area contributed by atoms with Crippen LogP contribution in [0.15, 0.2) is 54.9 Å². The first-order valence-corrected chi connectivity index (χ1v) is 7.44. The minimum absolute atomic E-state index is 0.0948. The highest BCUT2D eigenvalue weighted by Gasteiger charge is 2.05. The number of nitrogens with one attached hydrogen (secondary N) is 1. The van der Waals surface area contributed by atoms with E-state index in [2.05, 4.69) is 33.5 Å². The number of anilines is 1. The first-order chi connectivity index (χ1) is 10.7. The highest BCUT2D eigenvalue weighted by atomic mass is 35.5. The van der Waals surface area contributed by atoms with Crippen LogP contribution in [0.4, 0.5) is 5.82 Å². The molecule has 0 radical (unpaired) electrons. The van der Waals surface area contributed by atoms with E-state index in [1.54, 1.807) is 6.07 Å². The van der Waals surface area contributed by atoms with Gasteiger partial charge in [0, 0.05) is 6.07 Å². The average Bonchev–Trinajstić information content (AvgIpc) is 2.53. The Morgan fingerprint density at radius 2 is 1.91 bits per heavy atom. The summed E-state index contributed by atoms with van der Waals surface area (Å²) in [4.78, 5) is 7.97. The predicted molar refractivity (Wildman–Crippen MR) is 89.6 cm³/mol. The minimum Gasteiger partial charge on any atom is -0.491 e. The Morgan fingerprint density at radius 1 is 1.09 bits per heavy atom. The number of hydrogen-bond acceptors (Lipinski definition) is 4. The summed E-state index contributed by atoms with van der Waals surface area (Å²) < 4.78 is 5.84. The average molecular weight is 314 g/mol. The smallest absolute Gasteiger partial charge is 0.134 e. The van der Waals surface area contributed by atoms with E-state index in [1.165, 1.54) is 17.1 Å². The third-order valence-electron chi connectivity index (χ3n) is 3.25. The van der Waals surface area contributed by atoms with Gasteiger partial charge in [-0.3, -0.25) is 0 Å². The van der Waals surface area contributed by atoms with E-state index in [0.29, 0.717) is 17.6 Å². The normalized spacial score (nSPS) is 12.1. The monoisotopic (exact) mass is 313 g/mol. The summed E-state index contributed by atoms with van der Waals surface area (Å²) in [6, 6.07) is 16.1. The molecular weight excluding hydrogens is 298 g/mol. The molecule has 0 spiro atoms. The molecule has 0 aliphatic heterocycles. The van der Waals surface area contributed by atoms with Gasteiger partial charge in [-0.1, -0.05) is 41.9 Å². The summed E-state index contributed by atoms with van der Waals surface area (Å²) in [6.45, 7) is 2.55. The van der Waals surface area contributed by atoms with Crippen molar-refractivity contribution in [3.8, 4) is 5.75 Å². The van der Waals surface area contributed by atoms with Gasteiger partial charge in [-0.05, 0) is 29.8 Å². The number of hydrogen-bond donors (Lipinski definition) is 1. The molecule has 3 aromatic rings. The third-order valence-corrected chi connectivity index (χ3v) is 3.46. The van der Waals surface area contributed by atoms with Crippen LogP contribution in [0.25, 0.3) is 10.8 Å². The molecule has 5 heteroatoms. The topological polar surface area (TPSA) is 47.0 Å². The molecule has 0 bridgehead atoms. The molecule has 1 heterocycles. The Kier molecular flexibility index (Phi) is 4.39. The molecule has 0 amide bonds. The maximum absolute atomic E-state index is 5.84. The van der Waals surface area contributed by atoms with Crippen LogP contribution in [-0.4, -0.2) is 22.6 Å². The zero-order chi connectivity index (χ0) is 15.4. The second-order valence-electron chi connectivity index (χ2n) is 5.09. The van der Waals surface area contributed by atoms with E-state index < -0.39 is 0 Å². The molecule has 22 heavy (non-hydrogen) atoms. The lowest BCUT2D eigenvalue weighted by atomic mass is 10.1. The van der Waals surface area contributed by atoms with Crippen LogP contribution in [0.5, 0.6) is 5.75 Å². The molecule has 1 N–H and O–H groups in total. The van der Waals surface area contributed by atoms with Gasteiger partial charge in [-0.2, -0.15) is 0 Å². The molecule has 1 unspecified atom stereocenters. The van der Waals surface area contributed by atoms with Crippen molar-refractivity contribution in [3.05, 3.63) is 60.0 Å². The molecule has 0 saturated heterocycles. The number of halogens is 1. The first kappa shape index (κ1) is 14.6. The Hall–Kier alpha value is -2.33. The third kappa shape index (κ3) is 3.65. The van der Waals surface area contributed by atoms with Crippen LogP contribution in [0.3, 0.4) is 0 Å².